The van der Waals surface area contributed by atoms with Gasteiger partial charge in [0.15, 0.2) is 5.82 Å². The third-order valence-electron chi connectivity index (χ3n) is 1.83. The first-order valence-corrected chi connectivity index (χ1v) is 5.26. The molecule has 16 heavy (non-hydrogen) atoms. The Bertz CT molecular complexity index is 406. The summed E-state index contributed by atoms with van der Waals surface area (Å²) in [6, 6.07) is 1.74. The Labute approximate surface area is 100 Å². The van der Waals surface area contributed by atoms with Gasteiger partial charge in [0.05, 0.1) is 11.2 Å². The molecule has 0 unspecified atom stereocenters. The highest BCUT2D eigenvalue weighted by molar-refractivity contribution is 9.10. The number of hydrogen-bond acceptors (Lipinski definition) is 2. The molecule has 3 N–H and O–H groups in total. The molecule has 1 rings (SSSR count). The Morgan fingerprint density at radius 1 is 1.44 bits per heavy atom. The smallest absolute Gasteiger partial charge is 0.243 e. The van der Waals surface area contributed by atoms with Gasteiger partial charge < -0.3 is 11.1 Å². The first kappa shape index (κ1) is 13.1. The van der Waals surface area contributed by atoms with Crippen LogP contribution < -0.4 is 11.1 Å². The quantitative estimate of drug-likeness (QED) is 0.879. The molecular weight excluding hydrogens is 282 g/mol. The minimum absolute atomic E-state index is 0.120. The summed E-state index contributed by atoms with van der Waals surface area (Å²) in [6.45, 7) is 2.97. The van der Waals surface area contributed by atoms with Gasteiger partial charge in [-0.05, 0) is 35.8 Å². The lowest BCUT2D eigenvalue weighted by atomic mass is 10.1. The summed E-state index contributed by atoms with van der Waals surface area (Å²) in [5.74, 6) is -2.14. The molecule has 0 heterocycles. The molecule has 0 saturated carbocycles. The van der Waals surface area contributed by atoms with E-state index < -0.39 is 23.1 Å². The Kier molecular flexibility index (Phi) is 3.64. The van der Waals surface area contributed by atoms with E-state index in [9.17, 15) is 13.6 Å². The number of halogens is 3. The highest BCUT2D eigenvalue weighted by Gasteiger charge is 2.24. The first-order chi connectivity index (χ1) is 7.21. The largest absolute Gasteiger partial charge is 0.321 e. The van der Waals surface area contributed by atoms with Crippen LogP contribution in [0.25, 0.3) is 0 Å². The molecule has 0 fully saturated rings. The number of hydrogen-bond donors (Lipinski definition) is 2. The van der Waals surface area contributed by atoms with Crippen molar-refractivity contribution in [2.24, 2.45) is 5.73 Å². The number of nitrogens with one attached hydrogen (secondary N) is 1. The summed E-state index contributed by atoms with van der Waals surface area (Å²) < 4.78 is 26.2. The summed E-state index contributed by atoms with van der Waals surface area (Å²) in [7, 11) is 0. The van der Waals surface area contributed by atoms with Crippen LogP contribution in [0.4, 0.5) is 14.5 Å². The molecule has 6 heteroatoms. The van der Waals surface area contributed by atoms with Gasteiger partial charge >= 0.3 is 0 Å². The van der Waals surface area contributed by atoms with Crippen LogP contribution in [0.2, 0.25) is 0 Å². The van der Waals surface area contributed by atoms with E-state index in [0.29, 0.717) is 6.07 Å². The molecule has 0 aliphatic carbocycles. The molecule has 0 aliphatic rings. The van der Waals surface area contributed by atoms with Gasteiger partial charge in [-0.15, -0.1) is 0 Å². The van der Waals surface area contributed by atoms with Crippen molar-refractivity contribution >= 4 is 27.5 Å². The number of amides is 1. The minimum Gasteiger partial charge on any atom is -0.321 e. The number of benzene rings is 1. The molecule has 1 aromatic rings. The maximum atomic E-state index is 13.3. The lowest BCUT2D eigenvalue weighted by molar-refractivity contribution is -0.120. The van der Waals surface area contributed by atoms with Gasteiger partial charge in [-0.2, -0.15) is 0 Å². The zero-order chi connectivity index (χ0) is 12.5. The lowest BCUT2D eigenvalue weighted by Gasteiger charge is -2.18. The van der Waals surface area contributed by atoms with Crippen LogP contribution in [0, 0.1) is 11.6 Å². The van der Waals surface area contributed by atoms with Crippen molar-refractivity contribution in [3.8, 4) is 0 Å². The topological polar surface area (TPSA) is 55.1 Å². The number of carbonyl (C=O) groups is 1. The second-order valence-electron chi connectivity index (χ2n) is 3.92. The van der Waals surface area contributed by atoms with Crippen molar-refractivity contribution in [1.29, 1.82) is 0 Å². The van der Waals surface area contributed by atoms with Gasteiger partial charge in [0, 0.05) is 10.5 Å². The number of nitrogens with two attached hydrogens (primary N) is 1. The van der Waals surface area contributed by atoms with E-state index in [1.54, 1.807) is 0 Å². The molecule has 0 atom stereocenters. The van der Waals surface area contributed by atoms with Crippen molar-refractivity contribution in [2.45, 2.75) is 19.4 Å². The molecule has 0 saturated heterocycles. The van der Waals surface area contributed by atoms with Crippen molar-refractivity contribution in [1.82, 2.24) is 0 Å². The van der Waals surface area contributed by atoms with Crippen LogP contribution in [0.15, 0.2) is 16.6 Å². The van der Waals surface area contributed by atoms with Gasteiger partial charge in [-0.3, -0.25) is 4.79 Å². The van der Waals surface area contributed by atoms with Gasteiger partial charge in [0.25, 0.3) is 0 Å². The molecule has 0 aliphatic heterocycles. The van der Waals surface area contributed by atoms with E-state index in [1.807, 2.05) is 0 Å². The molecule has 0 bridgehead atoms. The molecule has 0 spiro atoms. The van der Waals surface area contributed by atoms with E-state index >= 15 is 0 Å². The standard InChI is InChI=1S/C10H11BrF2N2O/c1-10(2,14)9(16)15-8-6(11)3-5(12)4-7(8)13/h3-4H,14H2,1-2H3,(H,15,16). The average Bonchev–Trinajstić information content (AvgIpc) is 2.08. The highest BCUT2D eigenvalue weighted by Crippen LogP contribution is 2.27. The van der Waals surface area contributed by atoms with Crippen LogP contribution in [0.3, 0.4) is 0 Å². The van der Waals surface area contributed by atoms with E-state index in [2.05, 4.69) is 21.2 Å². The zero-order valence-corrected chi connectivity index (χ0v) is 10.4. The normalized spacial score (nSPS) is 11.4. The van der Waals surface area contributed by atoms with Gasteiger partial charge in [-0.25, -0.2) is 8.78 Å². The Morgan fingerprint density at radius 2 is 2.00 bits per heavy atom. The average molecular weight is 293 g/mol. The summed E-state index contributed by atoms with van der Waals surface area (Å²) in [5.41, 5.74) is 4.27. The summed E-state index contributed by atoms with van der Waals surface area (Å²) in [4.78, 5) is 11.5. The lowest BCUT2D eigenvalue weighted by Crippen LogP contribution is -2.45. The maximum Gasteiger partial charge on any atom is 0.243 e. The van der Waals surface area contributed by atoms with Crippen molar-refractivity contribution in [3.05, 3.63) is 28.2 Å². The van der Waals surface area contributed by atoms with Gasteiger partial charge in [-0.1, -0.05) is 0 Å². The Hall–Kier alpha value is -1.01. The van der Waals surface area contributed by atoms with Gasteiger partial charge in [0.2, 0.25) is 5.91 Å². The Balaban J connectivity index is 3.03. The van der Waals surface area contributed by atoms with Crippen LogP contribution >= 0.6 is 15.9 Å². The van der Waals surface area contributed by atoms with Crippen molar-refractivity contribution in [2.75, 3.05) is 5.32 Å². The molecule has 1 amide bonds. The summed E-state index contributed by atoms with van der Waals surface area (Å²) in [5, 5.41) is 2.29. The third kappa shape index (κ3) is 2.99. The van der Waals surface area contributed by atoms with Crippen LogP contribution in [0.5, 0.6) is 0 Å². The van der Waals surface area contributed by atoms with Crippen LogP contribution in [0.1, 0.15) is 13.8 Å². The molecule has 88 valence electrons. The maximum absolute atomic E-state index is 13.3. The monoisotopic (exact) mass is 292 g/mol. The molecule has 0 radical (unpaired) electrons. The van der Waals surface area contributed by atoms with Crippen molar-refractivity contribution < 1.29 is 13.6 Å². The predicted octanol–water partition coefficient (Wildman–Crippen LogP) is 2.40. The first-order valence-electron chi connectivity index (χ1n) is 4.46. The van der Waals surface area contributed by atoms with E-state index in [1.165, 1.54) is 13.8 Å². The molecular formula is C10H11BrF2N2O. The van der Waals surface area contributed by atoms with Crippen LogP contribution in [-0.4, -0.2) is 11.4 Å². The van der Waals surface area contributed by atoms with Crippen LogP contribution in [-0.2, 0) is 4.79 Å². The number of carbonyl (C=O) groups excluding carboxylic acids is 1. The van der Waals surface area contributed by atoms with E-state index in [-0.39, 0.29) is 10.2 Å². The summed E-state index contributed by atoms with van der Waals surface area (Å²) >= 11 is 2.96. The van der Waals surface area contributed by atoms with E-state index in [0.717, 1.165) is 6.07 Å². The second-order valence-corrected chi connectivity index (χ2v) is 4.77. The number of anilines is 1. The fourth-order valence-electron chi connectivity index (χ4n) is 0.936. The predicted molar refractivity (Wildman–Crippen MR) is 61.0 cm³/mol. The second kappa shape index (κ2) is 4.47. The van der Waals surface area contributed by atoms with Gasteiger partial charge in [0.1, 0.15) is 5.82 Å². The molecule has 1 aromatic carbocycles. The minimum atomic E-state index is -1.14. The molecule has 0 aromatic heterocycles. The summed E-state index contributed by atoms with van der Waals surface area (Å²) in [6.07, 6.45) is 0. The van der Waals surface area contributed by atoms with Crippen molar-refractivity contribution in [3.63, 3.8) is 0 Å². The van der Waals surface area contributed by atoms with E-state index in [4.69, 9.17) is 5.73 Å². The fourth-order valence-corrected chi connectivity index (χ4v) is 1.44. The SMILES string of the molecule is CC(C)(N)C(=O)Nc1c(F)cc(F)cc1Br. The molecule has 3 nitrogen and oxygen atoms in total. The zero-order valence-electron chi connectivity index (χ0n) is 8.77. The fraction of sp³-hybridized carbons (Fsp3) is 0.300. The third-order valence-corrected chi connectivity index (χ3v) is 2.46. The highest BCUT2D eigenvalue weighted by atomic mass is 79.9. The Morgan fingerprint density at radius 3 is 2.44 bits per heavy atom. The number of rotatable bonds is 2.